The molecule has 3 rings (SSSR count). The van der Waals surface area contributed by atoms with Crippen LogP contribution in [0, 0.1) is 0 Å². The number of nitrogen functional groups attached to an aromatic ring is 1. The van der Waals surface area contributed by atoms with Crippen molar-refractivity contribution in [2.24, 2.45) is 0 Å². The molecule has 1 fully saturated rings. The number of nitrogens with two attached hydrogens (primary N) is 1. The van der Waals surface area contributed by atoms with Gasteiger partial charge < -0.3 is 10.8 Å². The maximum atomic E-state index is 12.5. The Bertz CT molecular complexity index is 802. The highest BCUT2D eigenvalue weighted by Crippen LogP contribution is 2.34. The van der Waals surface area contributed by atoms with E-state index < -0.39 is 11.2 Å². The first-order chi connectivity index (χ1) is 11.5. The van der Waals surface area contributed by atoms with E-state index in [1.165, 1.54) is 36.0 Å². The molecule has 122 valence electrons. The van der Waals surface area contributed by atoms with E-state index in [2.05, 4.69) is 0 Å². The quantitative estimate of drug-likeness (QED) is 0.653. The van der Waals surface area contributed by atoms with E-state index >= 15 is 0 Å². The summed E-state index contributed by atoms with van der Waals surface area (Å²) in [6.45, 7) is 0. The molecule has 0 bridgehead atoms. The summed E-state index contributed by atoms with van der Waals surface area (Å²) in [6, 6.07) is 12.8. The van der Waals surface area contributed by atoms with Crippen LogP contribution in [0.25, 0.3) is 0 Å². The molecule has 2 aromatic rings. The number of carbonyl (C=O) groups excluding carboxylic acids is 2. The van der Waals surface area contributed by atoms with Gasteiger partial charge in [0.2, 0.25) is 11.8 Å². The molecule has 7 heteroatoms. The normalized spacial score (nSPS) is 17.3. The van der Waals surface area contributed by atoms with Crippen LogP contribution in [0.5, 0.6) is 0 Å². The third-order valence-corrected chi connectivity index (χ3v) is 4.83. The van der Waals surface area contributed by atoms with Gasteiger partial charge in [-0.2, -0.15) is 0 Å². The van der Waals surface area contributed by atoms with E-state index in [0.717, 1.165) is 9.80 Å². The van der Waals surface area contributed by atoms with Gasteiger partial charge in [0.15, 0.2) is 0 Å². The Morgan fingerprint density at radius 3 is 2.29 bits per heavy atom. The van der Waals surface area contributed by atoms with Gasteiger partial charge in [0.25, 0.3) is 0 Å². The summed E-state index contributed by atoms with van der Waals surface area (Å²) in [6.07, 6.45) is 0.106. The predicted molar refractivity (Wildman–Crippen MR) is 91.0 cm³/mol. The van der Waals surface area contributed by atoms with E-state index in [1.807, 2.05) is 12.1 Å². The van der Waals surface area contributed by atoms with Crippen LogP contribution >= 0.6 is 11.8 Å². The Balaban J connectivity index is 1.78. The van der Waals surface area contributed by atoms with Crippen LogP contribution in [-0.4, -0.2) is 28.1 Å². The number of rotatable bonds is 4. The van der Waals surface area contributed by atoms with Crippen LogP contribution in [0.15, 0.2) is 53.4 Å². The first-order valence-corrected chi connectivity index (χ1v) is 8.06. The number of amides is 2. The summed E-state index contributed by atoms with van der Waals surface area (Å²) < 4.78 is 0. The number of carboxylic acid groups (broad SMARTS) is 1. The van der Waals surface area contributed by atoms with Crippen molar-refractivity contribution < 1.29 is 19.5 Å². The van der Waals surface area contributed by atoms with Crippen molar-refractivity contribution in [3.63, 3.8) is 0 Å². The zero-order valence-corrected chi connectivity index (χ0v) is 13.3. The van der Waals surface area contributed by atoms with Crippen molar-refractivity contribution in [2.45, 2.75) is 16.6 Å². The fourth-order valence-electron chi connectivity index (χ4n) is 2.43. The molecule has 24 heavy (non-hydrogen) atoms. The van der Waals surface area contributed by atoms with Crippen LogP contribution in [0.2, 0.25) is 0 Å². The lowest BCUT2D eigenvalue weighted by Gasteiger charge is -2.15. The molecule has 3 N–H and O–H groups in total. The van der Waals surface area contributed by atoms with Crippen molar-refractivity contribution in [1.82, 2.24) is 0 Å². The van der Waals surface area contributed by atoms with Gasteiger partial charge in [-0.15, -0.1) is 11.8 Å². The lowest BCUT2D eigenvalue weighted by atomic mass is 10.2. The first kappa shape index (κ1) is 16.1. The van der Waals surface area contributed by atoms with Crippen molar-refractivity contribution in [3.8, 4) is 0 Å². The molecule has 1 saturated heterocycles. The molecule has 0 aromatic heterocycles. The monoisotopic (exact) mass is 342 g/mol. The maximum absolute atomic E-state index is 12.5. The smallest absolute Gasteiger partial charge is 0.335 e. The Labute approximate surface area is 142 Å². The molecule has 2 aromatic carbocycles. The number of hydrogen-bond acceptors (Lipinski definition) is 5. The van der Waals surface area contributed by atoms with E-state index in [9.17, 15) is 14.4 Å². The SMILES string of the molecule is Nc1ccc(SC2CC(=O)N(c3ccc(C(=O)O)cc3)C2=O)cc1. The standard InChI is InChI=1S/C17H14N2O4S/c18-11-3-7-13(8-4-11)24-14-9-15(20)19(16(14)21)12-5-1-10(2-6-12)17(22)23/h1-8,14H,9,18H2,(H,22,23). The molecule has 2 amide bonds. The van der Waals surface area contributed by atoms with Gasteiger partial charge in [-0.1, -0.05) is 0 Å². The highest BCUT2D eigenvalue weighted by atomic mass is 32.2. The van der Waals surface area contributed by atoms with Gasteiger partial charge in [-0.05, 0) is 48.5 Å². The second-order valence-corrected chi connectivity index (χ2v) is 6.58. The van der Waals surface area contributed by atoms with Crippen molar-refractivity contribution in [1.29, 1.82) is 0 Å². The second-order valence-electron chi connectivity index (χ2n) is 5.30. The van der Waals surface area contributed by atoms with Gasteiger partial charge in [-0.3, -0.25) is 9.59 Å². The molecular formula is C17H14N2O4S. The lowest BCUT2D eigenvalue weighted by Crippen LogP contribution is -2.31. The fourth-order valence-corrected chi connectivity index (χ4v) is 3.49. The summed E-state index contributed by atoms with van der Waals surface area (Å²) in [5.74, 6) is -1.65. The summed E-state index contributed by atoms with van der Waals surface area (Å²) in [5, 5.41) is 8.41. The number of carbonyl (C=O) groups is 3. The van der Waals surface area contributed by atoms with Gasteiger partial charge in [0.05, 0.1) is 16.5 Å². The number of imide groups is 1. The van der Waals surface area contributed by atoms with Gasteiger partial charge in [-0.25, -0.2) is 9.69 Å². The zero-order valence-electron chi connectivity index (χ0n) is 12.5. The Kier molecular flexibility index (Phi) is 4.26. The van der Waals surface area contributed by atoms with Crippen LogP contribution in [-0.2, 0) is 9.59 Å². The molecule has 0 saturated carbocycles. The molecule has 0 radical (unpaired) electrons. The number of carboxylic acids is 1. The number of nitrogens with zero attached hydrogens (tertiary/aromatic N) is 1. The molecular weight excluding hydrogens is 328 g/mol. The average molecular weight is 342 g/mol. The minimum absolute atomic E-state index is 0.102. The Morgan fingerprint density at radius 2 is 1.71 bits per heavy atom. The highest BCUT2D eigenvalue weighted by Gasteiger charge is 2.40. The molecule has 1 unspecified atom stereocenters. The number of thioether (sulfide) groups is 1. The number of hydrogen-bond donors (Lipinski definition) is 2. The van der Waals surface area contributed by atoms with Crippen LogP contribution in [0.3, 0.4) is 0 Å². The van der Waals surface area contributed by atoms with E-state index in [0.29, 0.717) is 11.4 Å². The molecule has 0 spiro atoms. The molecule has 1 atom stereocenters. The van der Waals surface area contributed by atoms with Crippen LogP contribution < -0.4 is 10.6 Å². The molecule has 1 aliphatic rings. The fraction of sp³-hybridized carbons (Fsp3) is 0.118. The van der Waals surface area contributed by atoms with E-state index in [-0.39, 0.29) is 23.8 Å². The van der Waals surface area contributed by atoms with E-state index in [1.54, 1.807) is 12.1 Å². The molecule has 6 nitrogen and oxygen atoms in total. The van der Waals surface area contributed by atoms with Gasteiger partial charge in [0.1, 0.15) is 0 Å². The third-order valence-electron chi connectivity index (χ3n) is 3.64. The van der Waals surface area contributed by atoms with Crippen molar-refractivity contribution >= 4 is 40.9 Å². The molecule has 1 aliphatic heterocycles. The summed E-state index contributed by atoms with van der Waals surface area (Å²) in [7, 11) is 0. The molecule has 1 heterocycles. The maximum Gasteiger partial charge on any atom is 0.335 e. The predicted octanol–water partition coefficient (Wildman–Crippen LogP) is 2.39. The highest BCUT2D eigenvalue weighted by molar-refractivity contribution is 8.00. The number of aromatic carboxylic acids is 1. The van der Waals surface area contributed by atoms with Gasteiger partial charge >= 0.3 is 5.97 Å². The largest absolute Gasteiger partial charge is 0.478 e. The topological polar surface area (TPSA) is 101 Å². The second kappa shape index (κ2) is 6.37. The number of anilines is 2. The Hall–Kier alpha value is -2.80. The minimum Gasteiger partial charge on any atom is -0.478 e. The summed E-state index contributed by atoms with van der Waals surface area (Å²) >= 11 is 1.32. The minimum atomic E-state index is -1.06. The van der Waals surface area contributed by atoms with Crippen molar-refractivity contribution in [3.05, 3.63) is 54.1 Å². The van der Waals surface area contributed by atoms with Crippen LogP contribution in [0.4, 0.5) is 11.4 Å². The molecule has 0 aliphatic carbocycles. The Morgan fingerprint density at radius 1 is 1.08 bits per heavy atom. The lowest BCUT2D eigenvalue weighted by molar-refractivity contribution is -0.121. The zero-order chi connectivity index (χ0) is 17.3. The van der Waals surface area contributed by atoms with Crippen LogP contribution in [0.1, 0.15) is 16.8 Å². The first-order valence-electron chi connectivity index (χ1n) is 7.18. The summed E-state index contributed by atoms with van der Waals surface area (Å²) in [4.78, 5) is 37.6. The van der Waals surface area contributed by atoms with E-state index in [4.69, 9.17) is 10.8 Å². The number of benzene rings is 2. The third kappa shape index (κ3) is 3.11. The average Bonchev–Trinajstić information content (AvgIpc) is 2.83. The van der Waals surface area contributed by atoms with Gasteiger partial charge in [0, 0.05) is 17.0 Å². The summed E-state index contributed by atoms with van der Waals surface area (Å²) in [5.41, 5.74) is 6.76. The van der Waals surface area contributed by atoms with Crippen molar-refractivity contribution in [2.75, 3.05) is 10.6 Å².